The Bertz CT molecular complexity index is 690. The Balaban J connectivity index is 2.11. The third-order valence-corrected chi connectivity index (χ3v) is 5.86. The number of nitrogens with one attached hydrogen (secondary N) is 2. The number of nitrogens with zero attached hydrogens (tertiary/aromatic N) is 1. The normalized spacial score (nSPS) is 21.3. The van der Waals surface area contributed by atoms with E-state index in [0.29, 0.717) is 17.7 Å². The summed E-state index contributed by atoms with van der Waals surface area (Å²) in [6.07, 6.45) is 2.20. The molecule has 0 aliphatic carbocycles. The number of piperidine rings is 1. The van der Waals surface area contributed by atoms with Gasteiger partial charge in [0.15, 0.2) is 0 Å². The summed E-state index contributed by atoms with van der Waals surface area (Å²) < 4.78 is 27.5. The smallest absolute Gasteiger partial charge is 0.240 e. The monoisotopic (exact) mass is 321 g/mol. The van der Waals surface area contributed by atoms with Crippen LogP contribution in [-0.4, -0.2) is 27.5 Å². The van der Waals surface area contributed by atoms with E-state index in [2.05, 4.69) is 23.9 Å². The van der Waals surface area contributed by atoms with Crippen molar-refractivity contribution in [3.05, 3.63) is 29.3 Å². The summed E-state index contributed by atoms with van der Waals surface area (Å²) in [5.41, 5.74) is 1.23. The van der Waals surface area contributed by atoms with Crippen LogP contribution >= 0.6 is 0 Å². The molecular weight excluding hydrogens is 298 g/mol. The van der Waals surface area contributed by atoms with Gasteiger partial charge in [0.2, 0.25) is 10.0 Å². The van der Waals surface area contributed by atoms with Crippen LogP contribution in [-0.2, 0) is 10.0 Å². The molecule has 0 bridgehead atoms. The number of sulfonamides is 1. The van der Waals surface area contributed by atoms with Crippen LogP contribution in [0.5, 0.6) is 0 Å². The Morgan fingerprint density at radius 1 is 1.45 bits per heavy atom. The Morgan fingerprint density at radius 2 is 2.18 bits per heavy atom. The van der Waals surface area contributed by atoms with Crippen molar-refractivity contribution >= 4 is 10.0 Å². The summed E-state index contributed by atoms with van der Waals surface area (Å²) in [7, 11) is -3.56. The van der Waals surface area contributed by atoms with Crippen molar-refractivity contribution in [3.63, 3.8) is 0 Å². The quantitative estimate of drug-likeness (QED) is 0.887. The van der Waals surface area contributed by atoms with Gasteiger partial charge in [-0.05, 0) is 55.5 Å². The van der Waals surface area contributed by atoms with E-state index >= 15 is 0 Å². The van der Waals surface area contributed by atoms with Gasteiger partial charge in [-0.15, -0.1) is 0 Å². The average molecular weight is 321 g/mol. The Labute approximate surface area is 132 Å². The minimum atomic E-state index is -3.56. The van der Waals surface area contributed by atoms with Gasteiger partial charge in [-0.2, -0.15) is 5.26 Å². The number of hydrogen-bond donors (Lipinski definition) is 2. The van der Waals surface area contributed by atoms with Crippen LogP contribution in [0.1, 0.15) is 37.8 Å². The minimum absolute atomic E-state index is 0.0708. The van der Waals surface area contributed by atoms with E-state index in [9.17, 15) is 8.42 Å². The first kappa shape index (κ1) is 16.9. The van der Waals surface area contributed by atoms with Crippen molar-refractivity contribution in [1.29, 1.82) is 5.26 Å². The van der Waals surface area contributed by atoms with Crippen molar-refractivity contribution in [3.8, 4) is 6.07 Å². The van der Waals surface area contributed by atoms with E-state index in [1.165, 1.54) is 6.07 Å². The summed E-state index contributed by atoms with van der Waals surface area (Å²) in [6.45, 7) is 7.34. The molecule has 5 nitrogen and oxygen atoms in total. The molecule has 1 aromatic rings. The highest BCUT2D eigenvalue weighted by molar-refractivity contribution is 7.89. The predicted molar refractivity (Wildman–Crippen MR) is 85.9 cm³/mol. The largest absolute Gasteiger partial charge is 0.312 e. The van der Waals surface area contributed by atoms with Crippen LogP contribution in [0, 0.1) is 23.7 Å². The standard InChI is InChI=1S/C16H23N3O2S/c1-12-9-14(6-5-13(12)10-17)22(20,21)19-11-15-16(2,3)7-4-8-18-15/h5-6,9,15,18-19H,4,7-8,11H2,1-3H3. The number of benzene rings is 1. The first-order valence-electron chi connectivity index (χ1n) is 7.50. The second kappa shape index (κ2) is 6.37. The molecule has 0 spiro atoms. The van der Waals surface area contributed by atoms with E-state index in [4.69, 9.17) is 5.26 Å². The summed E-state index contributed by atoms with van der Waals surface area (Å²) in [5, 5.41) is 12.3. The maximum absolute atomic E-state index is 12.4. The second-order valence-electron chi connectivity index (χ2n) is 6.54. The van der Waals surface area contributed by atoms with Gasteiger partial charge < -0.3 is 5.32 Å². The van der Waals surface area contributed by atoms with Crippen molar-refractivity contribution in [2.24, 2.45) is 5.41 Å². The van der Waals surface area contributed by atoms with E-state index < -0.39 is 10.0 Å². The van der Waals surface area contributed by atoms with Gasteiger partial charge in [0, 0.05) is 12.6 Å². The topological polar surface area (TPSA) is 82.0 Å². The molecule has 1 aliphatic rings. The second-order valence-corrected chi connectivity index (χ2v) is 8.31. The van der Waals surface area contributed by atoms with Crippen LogP contribution < -0.4 is 10.0 Å². The molecule has 1 saturated heterocycles. The molecule has 2 N–H and O–H groups in total. The van der Waals surface area contributed by atoms with Gasteiger partial charge in [0.05, 0.1) is 16.5 Å². The molecule has 1 aliphatic heterocycles. The van der Waals surface area contributed by atoms with Crippen molar-refractivity contribution in [2.75, 3.05) is 13.1 Å². The fraction of sp³-hybridized carbons (Fsp3) is 0.562. The molecule has 1 aromatic carbocycles. The highest BCUT2D eigenvalue weighted by Gasteiger charge is 2.32. The number of nitriles is 1. The first-order valence-corrected chi connectivity index (χ1v) is 8.98. The summed E-state index contributed by atoms with van der Waals surface area (Å²) in [6, 6.07) is 6.73. The molecule has 120 valence electrons. The molecular formula is C16H23N3O2S. The number of aryl methyl sites for hydroxylation is 1. The van der Waals surface area contributed by atoms with E-state index in [-0.39, 0.29) is 16.4 Å². The van der Waals surface area contributed by atoms with Gasteiger partial charge in [0.25, 0.3) is 0 Å². The van der Waals surface area contributed by atoms with Crippen LogP contribution in [0.3, 0.4) is 0 Å². The molecule has 2 rings (SSSR count). The molecule has 1 fully saturated rings. The van der Waals surface area contributed by atoms with Crippen molar-refractivity contribution < 1.29 is 8.42 Å². The minimum Gasteiger partial charge on any atom is -0.312 e. The van der Waals surface area contributed by atoms with E-state index in [1.54, 1.807) is 19.1 Å². The van der Waals surface area contributed by atoms with Gasteiger partial charge in [-0.25, -0.2) is 13.1 Å². The highest BCUT2D eigenvalue weighted by Crippen LogP contribution is 2.29. The van der Waals surface area contributed by atoms with Crippen LogP contribution in [0.2, 0.25) is 0 Å². The fourth-order valence-electron chi connectivity index (χ4n) is 2.82. The number of hydrogen-bond acceptors (Lipinski definition) is 4. The van der Waals surface area contributed by atoms with Crippen LogP contribution in [0.4, 0.5) is 0 Å². The van der Waals surface area contributed by atoms with Crippen molar-refractivity contribution in [1.82, 2.24) is 10.0 Å². The lowest BCUT2D eigenvalue weighted by Gasteiger charge is -2.39. The SMILES string of the molecule is Cc1cc(S(=O)(=O)NCC2NCCCC2(C)C)ccc1C#N. The molecule has 0 amide bonds. The molecule has 1 unspecified atom stereocenters. The maximum Gasteiger partial charge on any atom is 0.240 e. The van der Waals surface area contributed by atoms with E-state index in [0.717, 1.165) is 19.4 Å². The first-order chi connectivity index (χ1) is 10.3. The molecule has 0 aromatic heterocycles. The maximum atomic E-state index is 12.4. The van der Waals surface area contributed by atoms with Crippen molar-refractivity contribution in [2.45, 2.75) is 44.6 Å². The Morgan fingerprint density at radius 3 is 2.77 bits per heavy atom. The molecule has 0 saturated carbocycles. The van der Waals surface area contributed by atoms with E-state index in [1.807, 2.05) is 6.07 Å². The number of rotatable bonds is 4. The zero-order valence-corrected chi connectivity index (χ0v) is 14.1. The van der Waals surface area contributed by atoms with Gasteiger partial charge in [0.1, 0.15) is 0 Å². The van der Waals surface area contributed by atoms with Gasteiger partial charge >= 0.3 is 0 Å². The molecule has 22 heavy (non-hydrogen) atoms. The lowest BCUT2D eigenvalue weighted by molar-refractivity contribution is 0.181. The van der Waals surface area contributed by atoms with Crippen LogP contribution in [0.15, 0.2) is 23.1 Å². The lowest BCUT2D eigenvalue weighted by atomic mass is 9.78. The zero-order chi connectivity index (χ0) is 16.4. The molecule has 1 atom stereocenters. The Hall–Kier alpha value is -1.42. The van der Waals surface area contributed by atoms with Crippen LogP contribution in [0.25, 0.3) is 0 Å². The molecule has 6 heteroatoms. The fourth-order valence-corrected chi connectivity index (χ4v) is 3.96. The van der Waals surface area contributed by atoms with Gasteiger partial charge in [-0.3, -0.25) is 0 Å². The summed E-state index contributed by atoms with van der Waals surface area (Å²) in [4.78, 5) is 0.206. The van der Waals surface area contributed by atoms with Gasteiger partial charge in [-0.1, -0.05) is 13.8 Å². The summed E-state index contributed by atoms with van der Waals surface area (Å²) >= 11 is 0. The average Bonchev–Trinajstić information content (AvgIpc) is 2.45. The lowest BCUT2D eigenvalue weighted by Crippen LogP contribution is -2.52. The third-order valence-electron chi connectivity index (χ3n) is 4.44. The molecule has 0 radical (unpaired) electrons. The molecule has 1 heterocycles. The zero-order valence-electron chi connectivity index (χ0n) is 13.3. The third kappa shape index (κ3) is 3.67. The predicted octanol–water partition coefficient (Wildman–Crippen LogP) is 1.92. The Kier molecular flexibility index (Phi) is 4.90. The highest BCUT2D eigenvalue weighted by atomic mass is 32.2. The summed E-state index contributed by atoms with van der Waals surface area (Å²) in [5.74, 6) is 0.